The van der Waals surface area contributed by atoms with Gasteiger partial charge in [0.15, 0.2) is 0 Å². The van der Waals surface area contributed by atoms with Crippen molar-refractivity contribution in [3.63, 3.8) is 0 Å². The topological polar surface area (TPSA) is 23.8 Å². The molecule has 1 nitrogen and oxygen atoms in total. The first-order valence-electron chi connectivity index (χ1n) is 11.4. The van der Waals surface area contributed by atoms with Crippen LogP contribution in [0.3, 0.4) is 0 Å². The summed E-state index contributed by atoms with van der Waals surface area (Å²) in [5, 5.41) is 8.88. The zero-order chi connectivity index (χ0) is 18.9. The van der Waals surface area contributed by atoms with Crippen LogP contribution in [0.2, 0.25) is 0 Å². The fourth-order valence-corrected chi connectivity index (χ4v) is 5.27. The lowest BCUT2D eigenvalue weighted by Crippen LogP contribution is -2.17. The zero-order valence-electron chi connectivity index (χ0n) is 17.2. The van der Waals surface area contributed by atoms with E-state index in [0.29, 0.717) is 0 Å². The molecule has 0 bridgehead atoms. The number of hydrogen-bond acceptors (Lipinski definition) is 1. The Bertz CT molecular complexity index is 605. The molecular weight excluding hydrogens is 326 g/mol. The summed E-state index contributed by atoms with van der Waals surface area (Å²) in [7, 11) is 0. The summed E-state index contributed by atoms with van der Waals surface area (Å²) < 4.78 is 0. The van der Waals surface area contributed by atoms with Gasteiger partial charge < -0.3 is 0 Å². The van der Waals surface area contributed by atoms with Crippen LogP contribution in [0.4, 0.5) is 0 Å². The van der Waals surface area contributed by atoms with Gasteiger partial charge in [-0.2, -0.15) is 5.26 Å². The lowest BCUT2D eigenvalue weighted by molar-refractivity contribution is 0.221. The minimum atomic E-state index is 0.742. The Morgan fingerprint density at radius 3 is 1.85 bits per heavy atom. The number of benzene rings is 1. The third-order valence-electron chi connectivity index (χ3n) is 7.14. The highest BCUT2D eigenvalue weighted by molar-refractivity contribution is 5.51. The molecule has 0 atom stereocenters. The second-order valence-corrected chi connectivity index (χ2v) is 9.13. The average molecular weight is 364 g/mol. The first-order chi connectivity index (χ1) is 13.3. The Kier molecular flexibility index (Phi) is 8.00. The van der Waals surface area contributed by atoms with Crippen molar-refractivity contribution in [3.8, 4) is 6.07 Å². The van der Waals surface area contributed by atoms with E-state index in [4.69, 9.17) is 5.26 Å². The van der Waals surface area contributed by atoms with Gasteiger partial charge in [0, 0.05) is 0 Å². The second-order valence-electron chi connectivity index (χ2n) is 9.13. The van der Waals surface area contributed by atoms with Crippen molar-refractivity contribution in [3.05, 3.63) is 41.5 Å². The molecule has 0 unspecified atom stereocenters. The van der Waals surface area contributed by atoms with E-state index in [1.807, 2.05) is 12.1 Å². The van der Waals surface area contributed by atoms with Gasteiger partial charge in [0.05, 0.1) is 11.6 Å². The van der Waals surface area contributed by atoms with Gasteiger partial charge in [0.25, 0.3) is 0 Å². The highest BCUT2D eigenvalue weighted by Crippen LogP contribution is 2.37. The van der Waals surface area contributed by atoms with Crippen LogP contribution in [0.15, 0.2) is 30.3 Å². The summed E-state index contributed by atoms with van der Waals surface area (Å²) in [6, 6.07) is 10.1. The predicted molar refractivity (Wildman–Crippen MR) is 115 cm³/mol. The third kappa shape index (κ3) is 6.53. The molecule has 1 heteroatoms. The Hall–Kier alpha value is -1.55. The summed E-state index contributed by atoms with van der Waals surface area (Å²) in [6.45, 7) is 2.34. The summed E-state index contributed by atoms with van der Waals surface area (Å²) >= 11 is 0. The Morgan fingerprint density at radius 1 is 0.815 bits per heavy atom. The molecule has 0 radical (unpaired) electrons. The first-order valence-corrected chi connectivity index (χ1v) is 11.4. The van der Waals surface area contributed by atoms with Crippen molar-refractivity contribution in [1.29, 1.82) is 5.26 Å². The van der Waals surface area contributed by atoms with E-state index in [1.165, 1.54) is 82.6 Å². The molecule has 146 valence electrons. The van der Waals surface area contributed by atoms with Gasteiger partial charge in [0.2, 0.25) is 0 Å². The molecule has 3 rings (SSSR count). The minimum Gasteiger partial charge on any atom is -0.192 e. The van der Waals surface area contributed by atoms with Gasteiger partial charge in [-0.05, 0) is 67.1 Å². The van der Waals surface area contributed by atoms with Gasteiger partial charge in [-0.25, -0.2) is 0 Å². The van der Waals surface area contributed by atoms with Crippen LogP contribution in [0.25, 0.3) is 6.08 Å². The summed E-state index contributed by atoms with van der Waals surface area (Å²) in [5.41, 5.74) is 1.96. The number of rotatable bonds is 7. The van der Waals surface area contributed by atoms with Crippen LogP contribution < -0.4 is 0 Å². The van der Waals surface area contributed by atoms with Gasteiger partial charge in [-0.3, -0.25) is 0 Å². The summed E-state index contributed by atoms with van der Waals surface area (Å²) in [6.07, 6.45) is 22.1. The Morgan fingerprint density at radius 2 is 1.33 bits per heavy atom. The van der Waals surface area contributed by atoms with Gasteiger partial charge in [-0.15, -0.1) is 0 Å². The lowest BCUT2D eigenvalue weighted by Gasteiger charge is -2.31. The van der Waals surface area contributed by atoms with E-state index >= 15 is 0 Å². The molecule has 2 aliphatic rings. The van der Waals surface area contributed by atoms with Crippen molar-refractivity contribution < 1.29 is 0 Å². The molecule has 0 aromatic heterocycles. The van der Waals surface area contributed by atoms with E-state index in [0.717, 1.165) is 29.2 Å². The minimum absolute atomic E-state index is 0.742. The molecule has 0 aliphatic heterocycles. The molecule has 1 aromatic rings. The fraction of sp³-hybridized carbons (Fsp3) is 0.654. The van der Waals surface area contributed by atoms with E-state index in [1.54, 1.807) is 0 Å². The van der Waals surface area contributed by atoms with Crippen LogP contribution >= 0.6 is 0 Å². The highest BCUT2D eigenvalue weighted by atomic mass is 14.3. The van der Waals surface area contributed by atoms with E-state index in [2.05, 4.69) is 37.3 Å². The normalized spacial score (nSPS) is 28.9. The largest absolute Gasteiger partial charge is 0.192 e. The standard InChI is InChI=1S/C26H37N/c1-2-3-21-4-6-22(7-5-21)8-9-23-10-12-24(13-11-23)14-15-25-16-18-26(20-27)19-17-25/h14-19,21-24H,2-13H2,1H3/b15-14+. The van der Waals surface area contributed by atoms with Gasteiger partial charge in [-0.1, -0.05) is 82.6 Å². The molecule has 2 aliphatic carbocycles. The Balaban J connectivity index is 1.33. The Labute approximate surface area is 166 Å². The van der Waals surface area contributed by atoms with Gasteiger partial charge in [0.1, 0.15) is 0 Å². The second kappa shape index (κ2) is 10.7. The average Bonchev–Trinajstić information content (AvgIpc) is 2.73. The maximum absolute atomic E-state index is 8.88. The van der Waals surface area contributed by atoms with Crippen molar-refractivity contribution in [1.82, 2.24) is 0 Å². The van der Waals surface area contributed by atoms with Crippen molar-refractivity contribution in [2.75, 3.05) is 0 Å². The first kappa shape index (κ1) is 20.2. The molecular formula is C26H37N. The number of allylic oxidation sites excluding steroid dienone is 1. The SMILES string of the molecule is CCCC1CCC(CCC2CCC(/C=C/c3ccc(C#N)cc3)CC2)CC1. The van der Waals surface area contributed by atoms with Gasteiger partial charge >= 0.3 is 0 Å². The molecule has 0 amide bonds. The van der Waals surface area contributed by atoms with Crippen LogP contribution in [0, 0.1) is 35.0 Å². The van der Waals surface area contributed by atoms with E-state index in [-0.39, 0.29) is 0 Å². The van der Waals surface area contributed by atoms with Crippen molar-refractivity contribution >= 4 is 6.08 Å². The maximum atomic E-state index is 8.88. The molecule has 2 fully saturated rings. The number of nitrogens with zero attached hydrogens (tertiary/aromatic N) is 1. The molecule has 27 heavy (non-hydrogen) atoms. The smallest absolute Gasteiger partial charge is 0.0991 e. The zero-order valence-corrected chi connectivity index (χ0v) is 17.2. The third-order valence-corrected chi connectivity index (χ3v) is 7.14. The van der Waals surface area contributed by atoms with Crippen LogP contribution in [-0.2, 0) is 0 Å². The fourth-order valence-electron chi connectivity index (χ4n) is 5.27. The van der Waals surface area contributed by atoms with E-state index in [9.17, 15) is 0 Å². The van der Waals surface area contributed by atoms with Crippen LogP contribution in [0.1, 0.15) is 95.1 Å². The molecule has 0 saturated heterocycles. The number of nitriles is 1. The molecule has 0 spiro atoms. The quantitative estimate of drug-likeness (QED) is 0.485. The van der Waals surface area contributed by atoms with Crippen LogP contribution in [0.5, 0.6) is 0 Å². The van der Waals surface area contributed by atoms with Crippen LogP contribution in [-0.4, -0.2) is 0 Å². The predicted octanol–water partition coefficient (Wildman–Crippen LogP) is 7.76. The lowest BCUT2D eigenvalue weighted by atomic mass is 9.75. The monoisotopic (exact) mass is 363 g/mol. The number of hydrogen-bond donors (Lipinski definition) is 0. The molecule has 0 heterocycles. The molecule has 1 aromatic carbocycles. The van der Waals surface area contributed by atoms with E-state index < -0.39 is 0 Å². The summed E-state index contributed by atoms with van der Waals surface area (Å²) in [4.78, 5) is 0. The summed E-state index contributed by atoms with van der Waals surface area (Å²) in [5.74, 6) is 3.82. The molecule has 0 N–H and O–H groups in total. The molecule has 2 saturated carbocycles. The van der Waals surface area contributed by atoms with Crippen molar-refractivity contribution in [2.24, 2.45) is 23.7 Å². The highest BCUT2D eigenvalue weighted by Gasteiger charge is 2.23. The maximum Gasteiger partial charge on any atom is 0.0991 e. The van der Waals surface area contributed by atoms with Crippen molar-refractivity contribution in [2.45, 2.75) is 84.0 Å².